The third-order valence-corrected chi connectivity index (χ3v) is 5.65. The summed E-state index contributed by atoms with van der Waals surface area (Å²) in [5.41, 5.74) is 4.54. The normalized spacial score (nSPS) is 17.1. The molecular weight excluding hydrogens is 378 g/mol. The van der Waals surface area contributed by atoms with Crippen LogP contribution >= 0.6 is 0 Å². The standard InChI is InChI=1S/C23H31N5O2/c1-16(2)22-25-21-15-27(14-18-4-6-19(7-5-18)24-17(3)29)9-8-20(21)23(26-22)28-10-12-30-13-11-28/h4-7,16H,8-15H2,1-3H3,(H,24,29). The van der Waals surface area contributed by atoms with E-state index in [-0.39, 0.29) is 5.91 Å². The van der Waals surface area contributed by atoms with Crippen LogP contribution in [0.1, 0.15) is 49.3 Å². The summed E-state index contributed by atoms with van der Waals surface area (Å²) < 4.78 is 5.54. The third-order valence-electron chi connectivity index (χ3n) is 5.65. The zero-order valence-electron chi connectivity index (χ0n) is 18.1. The van der Waals surface area contributed by atoms with E-state index in [0.717, 1.165) is 75.4 Å². The number of carbonyl (C=O) groups is 1. The van der Waals surface area contributed by atoms with Crippen LogP contribution in [-0.4, -0.2) is 53.6 Å². The Morgan fingerprint density at radius 3 is 2.53 bits per heavy atom. The highest BCUT2D eigenvalue weighted by Crippen LogP contribution is 2.29. The highest BCUT2D eigenvalue weighted by molar-refractivity contribution is 5.88. The van der Waals surface area contributed by atoms with E-state index in [2.05, 4.69) is 41.1 Å². The highest BCUT2D eigenvalue weighted by atomic mass is 16.5. The molecule has 0 spiro atoms. The molecule has 0 aliphatic carbocycles. The first-order valence-corrected chi connectivity index (χ1v) is 10.8. The summed E-state index contributed by atoms with van der Waals surface area (Å²) in [6, 6.07) is 8.09. The van der Waals surface area contributed by atoms with Crippen molar-refractivity contribution in [2.45, 2.75) is 46.2 Å². The molecule has 4 rings (SSSR count). The van der Waals surface area contributed by atoms with E-state index in [9.17, 15) is 4.79 Å². The molecule has 7 nitrogen and oxygen atoms in total. The molecule has 7 heteroatoms. The third kappa shape index (κ3) is 4.79. The minimum absolute atomic E-state index is 0.0490. The van der Waals surface area contributed by atoms with Crippen molar-refractivity contribution in [1.29, 1.82) is 0 Å². The van der Waals surface area contributed by atoms with Crippen LogP contribution in [0.3, 0.4) is 0 Å². The van der Waals surface area contributed by atoms with Gasteiger partial charge in [-0.2, -0.15) is 0 Å². The fourth-order valence-electron chi connectivity index (χ4n) is 4.07. The van der Waals surface area contributed by atoms with Gasteiger partial charge in [0.05, 0.1) is 18.9 Å². The topological polar surface area (TPSA) is 70.6 Å². The molecular formula is C23H31N5O2. The summed E-state index contributed by atoms with van der Waals surface area (Å²) in [6.07, 6.45) is 0.963. The molecule has 1 amide bonds. The monoisotopic (exact) mass is 409 g/mol. The number of aromatic nitrogens is 2. The maximum absolute atomic E-state index is 11.2. The van der Waals surface area contributed by atoms with Crippen molar-refractivity contribution < 1.29 is 9.53 Å². The van der Waals surface area contributed by atoms with Crippen LogP contribution in [0.4, 0.5) is 11.5 Å². The number of nitrogens with one attached hydrogen (secondary N) is 1. The molecule has 0 unspecified atom stereocenters. The quantitative estimate of drug-likeness (QED) is 0.819. The zero-order chi connectivity index (χ0) is 21.1. The van der Waals surface area contributed by atoms with Gasteiger partial charge in [0.2, 0.25) is 5.91 Å². The molecule has 2 aliphatic heterocycles. The molecule has 0 atom stereocenters. The predicted molar refractivity (Wildman–Crippen MR) is 118 cm³/mol. The smallest absolute Gasteiger partial charge is 0.221 e. The van der Waals surface area contributed by atoms with Gasteiger partial charge < -0.3 is 15.0 Å². The SMILES string of the molecule is CC(=O)Nc1ccc(CN2CCc3c(nc(C(C)C)nc3N3CCOCC3)C2)cc1. The second kappa shape index (κ2) is 9.10. The number of anilines is 2. The van der Waals surface area contributed by atoms with Crippen LogP contribution in [0.25, 0.3) is 0 Å². The summed E-state index contributed by atoms with van der Waals surface area (Å²) in [6.45, 7) is 11.8. The van der Waals surface area contributed by atoms with Crippen LogP contribution in [0.15, 0.2) is 24.3 Å². The predicted octanol–water partition coefficient (Wildman–Crippen LogP) is 2.95. The lowest BCUT2D eigenvalue weighted by Gasteiger charge is -2.34. The van der Waals surface area contributed by atoms with Crippen molar-refractivity contribution in [2.24, 2.45) is 0 Å². The lowest BCUT2D eigenvalue weighted by molar-refractivity contribution is -0.114. The number of fused-ring (bicyclic) bond motifs is 1. The van der Waals surface area contributed by atoms with Gasteiger partial charge in [-0.3, -0.25) is 9.69 Å². The van der Waals surface area contributed by atoms with Gasteiger partial charge in [0, 0.05) is 56.8 Å². The molecule has 1 N–H and O–H groups in total. The lowest BCUT2D eigenvalue weighted by Crippen LogP contribution is -2.39. The Labute approximate surface area is 178 Å². The first-order chi connectivity index (χ1) is 14.5. The van der Waals surface area contributed by atoms with Crippen molar-refractivity contribution in [3.8, 4) is 0 Å². The first kappa shape index (κ1) is 20.8. The fourth-order valence-corrected chi connectivity index (χ4v) is 4.07. The van der Waals surface area contributed by atoms with E-state index in [4.69, 9.17) is 14.7 Å². The van der Waals surface area contributed by atoms with E-state index in [0.29, 0.717) is 5.92 Å². The largest absolute Gasteiger partial charge is 0.378 e. The molecule has 1 aromatic carbocycles. The number of hydrogen-bond acceptors (Lipinski definition) is 6. The molecule has 30 heavy (non-hydrogen) atoms. The Balaban J connectivity index is 1.52. The van der Waals surface area contributed by atoms with Crippen LogP contribution in [0.2, 0.25) is 0 Å². The Hall–Kier alpha value is -2.51. The fraction of sp³-hybridized carbons (Fsp3) is 0.522. The maximum atomic E-state index is 11.2. The molecule has 0 saturated carbocycles. The van der Waals surface area contributed by atoms with Gasteiger partial charge in [0.25, 0.3) is 0 Å². The summed E-state index contributed by atoms with van der Waals surface area (Å²) in [4.78, 5) is 25.9. The van der Waals surface area contributed by atoms with Crippen LogP contribution in [0.5, 0.6) is 0 Å². The molecule has 160 valence electrons. The van der Waals surface area contributed by atoms with Gasteiger partial charge in [-0.1, -0.05) is 26.0 Å². The lowest BCUT2D eigenvalue weighted by atomic mass is 10.0. The van der Waals surface area contributed by atoms with E-state index < -0.39 is 0 Å². The second-order valence-corrected chi connectivity index (χ2v) is 8.42. The molecule has 3 heterocycles. The van der Waals surface area contributed by atoms with Gasteiger partial charge in [-0.25, -0.2) is 9.97 Å². The van der Waals surface area contributed by atoms with E-state index in [1.54, 1.807) is 0 Å². The Morgan fingerprint density at radius 1 is 1.13 bits per heavy atom. The summed E-state index contributed by atoms with van der Waals surface area (Å²) in [7, 11) is 0. The van der Waals surface area contributed by atoms with Crippen LogP contribution in [-0.2, 0) is 29.0 Å². The minimum atomic E-state index is -0.0490. The highest BCUT2D eigenvalue weighted by Gasteiger charge is 2.26. The van der Waals surface area contributed by atoms with E-state index in [1.165, 1.54) is 18.1 Å². The number of benzene rings is 1. The molecule has 0 radical (unpaired) electrons. The number of hydrogen-bond donors (Lipinski definition) is 1. The number of carbonyl (C=O) groups excluding carboxylic acids is 1. The summed E-state index contributed by atoms with van der Waals surface area (Å²) >= 11 is 0. The van der Waals surface area contributed by atoms with Crippen molar-refractivity contribution in [2.75, 3.05) is 43.1 Å². The number of ether oxygens (including phenoxy) is 1. The molecule has 2 aromatic rings. The minimum Gasteiger partial charge on any atom is -0.378 e. The van der Waals surface area contributed by atoms with E-state index >= 15 is 0 Å². The maximum Gasteiger partial charge on any atom is 0.221 e. The van der Waals surface area contributed by atoms with Gasteiger partial charge >= 0.3 is 0 Å². The molecule has 2 aliphatic rings. The van der Waals surface area contributed by atoms with Crippen molar-refractivity contribution in [3.05, 3.63) is 46.9 Å². The van der Waals surface area contributed by atoms with E-state index in [1.807, 2.05) is 12.1 Å². The van der Waals surface area contributed by atoms with Crippen molar-refractivity contribution in [3.63, 3.8) is 0 Å². The first-order valence-electron chi connectivity index (χ1n) is 10.8. The van der Waals surface area contributed by atoms with Gasteiger partial charge in [0.15, 0.2) is 0 Å². The number of amides is 1. The Morgan fingerprint density at radius 2 is 1.87 bits per heavy atom. The number of morpholine rings is 1. The van der Waals surface area contributed by atoms with Crippen molar-refractivity contribution >= 4 is 17.4 Å². The zero-order valence-corrected chi connectivity index (χ0v) is 18.1. The van der Waals surface area contributed by atoms with Gasteiger partial charge in [-0.15, -0.1) is 0 Å². The van der Waals surface area contributed by atoms with Gasteiger partial charge in [-0.05, 0) is 24.1 Å². The number of nitrogens with zero attached hydrogens (tertiary/aromatic N) is 4. The molecule has 1 aromatic heterocycles. The summed E-state index contributed by atoms with van der Waals surface area (Å²) in [5, 5.41) is 2.82. The van der Waals surface area contributed by atoms with Crippen LogP contribution < -0.4 is 10.2 Å². The Kier molecular flexibility index (Phi) is 6.29. The molecule has 1 saturated heterocycles. The van der Waals surface area contributed by atoms with Crippen LogP contribution in [0, 0.1) is 0 Å². The molecule has 0 bridgehead atoms. The van der Waals surface area contributed by atoms with Crippen molar-refractivity contribution in [1.82, 2.24) is 14.9 Å². The average Bonchev–Trinajstić information content (AvgIpc) is 2.74. The average molecular weight is 410 g/mol. The molecule has 1 fully saturated rings. The number of rotatable bonds is 5. The Bertz CT molecular complexity index is 891. The summed E-state index contributed by atoms with van der Waals surface area (Å²) in [5.74, 6) is 2.29. The second-order valence-electron chi connectivity index (χ2n) is 8.42. The van der Waals surface area contributed by atoms with Gasteiger partial charge in [0.1, 0.15) is 11.6 Å².